The highest BCUT2D eigenvalue weighted by Gasteiger charge is 2.15. The van der Waals surface area contributed by atoms with Gasteiger partial charge in [-0.3, -0.25) is 0 Å². The Kier molecular flexibility index (Phi) is 5.89. The van der Waals surface area contributed by atoms with Gasteiger partial charge in [0.1, 0.15) is 23.7 Å². The molecule has 4 aromatic rings. The molecule has 6 heteroatoms. The molecule has 0 spiro atoms. The van der Waals surface area contributed by atoms with Crippen LogP contribution in [-0.4, -0.2) is 13.1 Å². The second kappa shape index (κ2) is 8.92. The second-order valence-electron chi connectivity index (χ2n) is 7.10. The number of fused-ring (bicyclic) bond motifs is 1. The van der Waals surface area contributed by atoms with E-state index in [4.69, 9.17) is 13.6 Å². The number of rotatable bonds is 7. The Labute approximate surface area is 179 Å². The molecule has 31 heavy (non-hydrogen) atoms. The largest absolute Gasteiger partial charge is 0.485 e. The summed E-state index contributed by atoms with van der Waals surface area (Å²) in [7, 11) is 1.30. The van der Waals surface area contributed by atoms with Crippen molar-refractivity contribution in [2.24, 2.45) is 0 Å². The summed E-state index contributed by atoms with van der Waals surface area (Å²) in [5, 5.41) is 0.854. The van der Waals surface area contributed by atoms with Gasteiger partial charge in [-0.25, -0.2) is 9.59 Å². The Morgan fingerprint density at radius 3 is 2.55 bits per heavy atom. The number of carbonyl (C=O) groups excluding carboxylic acids is 1. The summed E-state index contributed by atoms with van der Waals surface area (Å²) in [5.74, 6) is 0.673. The Hall–Kier alpha value is -3.80. The first-order valence-electron chi connectivity index (χ1n) is 10.0. The topological polar surface area (TPSA) is 78.9 Å². The van der Waals surface area contributed by atoms with E-state index in [2.05, 4.69) is 11.7 Å². The standard InChI is InChI=1S/C25H22O6/c1-3-7-17-12-20-19(16-8-5-4-6-9-16)13-24(26)31-23(20)14-22(17)29-15-18-10-11-21(30-18)25(27)28-2/h4-6,8-14H,3,7,15H2,1-2H3. The lowest BCUT2D eigenvalue weighted by atomic mass is 9.98. The van der Waals surface area contributed by atoms with E-state index in [9.17, 15) is 9.59 Å². The number of furan rings is 1. The Morgan fingerprint density at radius 2 is 1.81 bits per heavy atom. The normalized spacial score (nSPS) is 10.9. The second-order valence-corrected chi connectivity index (χ2v) is 7.10. The number of hydrogen-bond donors (Lipinski definition) is 0. The molecule has 158 valence electrons. The van der Waals surface area contributed by atoms with Gasteiger partial charge in [0, 0.05) is 17.5 Å². The fourth-order valence-corrected chi connectivity index (χ4v) is 3.50. The van der Waals surface area contributed by atoms with E-state index in [1.54, 1.807) is 18.2 Å². The smallest absolute Gasteiger partial charge is 0.373 e. The number of ether oxygens (including phenoxy) is 2. The Balaban J connectivity index is 1.72. The van der Waals surface area contributed by atoms with Crippen LogP contribution >= 0.6 is 0 Å². The van der Waals surface area contributed by atoms with Crippen LogP contribution in [0.25, 0.3) is 22.1 Å². The minimum atomic E-state index is -0.543. The molecule has 4 rings (SSSR count). The third kappa shape index (κ3) is 4.38. The fraction of sp³-hybridized carbons (Fsp3) is 0.200. The van der Waals surface area contributed by atoms with Gasteiger partial charge in [0.2, 0.25) is 5.76 Å². The van der Waals surface area contributed by atoms with Crippen molar-refractivity contribution in [2.45, 2.75) is 26.4 Å². The summed E-state index contributed by atoms with van der Waals surface area (Å²) in [6.07, 6.45) is 1.72. The summed E-state index contributed by atoms with van der Waals surface area (Å²) in [4.78, 5) is 23.8. The van der Waals surface area contributed by atoms with Crippen LogP contribution in [-0.2, 0) is 17.8 Å². The van der Waals surface area contributed by atoms with E-state index in [-0.39, 0.29) is 12.4 Å². The molecule has 0 saturated carbocycles. The van der Waals surface area contributed by atoms with Gasteiger partial charge in [-0.1, -0.05) is 43.7 Å². The van der Waals surface area contributed by atoms with Crippen molar-refractivity contribution in [2.75, 3.05) is 7.11 Å². The summed E-state index contributed by atoms with van der Waals surface area (Å²) < 4.78 is 21.6. The third-order valence-electron chi connectivity index (χ3n) is 4.95. The lowest BCUT2D eigenvalue weighted by Crippen LogP contribution is -2.02. The Bertz CT molecular complexity index is 1270. The van der Waals surface area contributed by atoms with E-state index in [1.165, 1.54) is 13.2 Å². The molecule has 2 aromatic carbocycles. The highest BCUT2D eigenvalue weighted by atomic mass is 16.5. The summed E-state index contributed by atoms with van der Waals surface area (Å²) in [5.41, 5.74) is 2.80. The molecule has 0 aliphatic rings. The number of hydrogen-bond acceptors (Lipinski definition) is 6. The summed E-state index contributed by atoms with van der Waals surface area (Å²) in [6.45, 7) is 2.22. The molecule has 0 amide bonds. The van der Waals surface area contributed by atoms with Gasteiger partial charge >= 0.3 is 11.6 Å². The van der Waals surface area contributed by atoms with Crippen LogP contribution in [0.5, 0.6) is 5.75 Å². The van der Waals surface area contributed by atoms with Crippen LogP contribution in [0.2, 0.25) is 0 Å². The van der Waals surface area contributed by atoms with Crippen molar-refractivity contribution in [1.29, 1.82) is 0 Å². The average molecular weight is 418 g/mol. The maximum atomic E-state index is 12.2. The van der Waals surface area contributed by atoms with Gasteiger partial charge in [0.25, 0.3) is 0 Å². The van der Waals surface area contributed by atoms with Crippen molar-refractivity contribution < 1.29 is 23.1 Å². The molecular weight excluding hydrogens is 396 g/mol. The summed E-state index contributed by atoms with van der Waals surface area (Å²) >= 11 is 0. The van der Waals surface area contributed by atoms with Crippen molar-refractivity contribution in [3.8, 4) is 16.9 Å². The zero-order valence-corrected chi connectivity index (χ0v) is 17.3. The quantitative estimate of drug-likeness (QED) is 0.296. The molecule has 0 bridgehead atoms. The lowest BCUT2D eigenvalue weighted by molar-refractivity contribution is 0.0561. The third-order valence-corrected chi connectivity index (χ3v) is 4.95. The molecule has 0 aliphatic heterocycles. The van der Waals surface area contributed by atoms with Crippen LogP contribution in [0, 0.1) is 0 Å². The van der Waals surface area contributed by atoms with Crippen molar-refractivity contribution in [3.63, 3.8) is 0 Å². The number of carbonyl (C=O) groups is 1. The van der Waals surface area contributed by atoms with Crippen LogP contribution in [0.1, 0.15) is 35.2 Å². The van der Waals surface area contributed by atoms with Gasteiger partial charge in [-0.15, -0.1) is 0 Å². The van der Waals surface area contributed by atoms with Crippen LogP contribution in [0.3, 0.4) is 0 Å². The van der Waals surface area contributed by atoms with E-state index >= 15 is 0 Å². The summed E-state index contributed by atoms with van der Waals surface area (Å²) in [6, 6.07) is 18.2. The van der Waals surface area contributed by atoms with Crippen molar-refractivity contribution >= 4 is 16.9 Å². The molecule has 0 N–H and O–H groups in total. The zero-order valence-electron chi connectivity index (χ0n) is 17.3. The van der Waals surface area contributed by atoms with Crippen LogP contribution < -0.4 is 10.4 Å². The van der Waals surface area contributed by atoms with E-state index < -0.39 is 11.6 Å². The highest BCUT2D eigenvalue weighted by molar-refractivity contribution is 5.94. The molecule has 6 nitrogen and oxygen atoms in total. The highest BCUT2D eigenvalue weighted by Crippen LogP contribution is 2.33. The first-order valence-corrected chi connectivity index (χ1v) is 10.0. The Morgan fingerprint density at radius 1 is 1.00 bits per heavy atom. The lowest BCUT2D eigenvalue weighted by Gasteiger charge is -2.13. The molecule has 0 aliphatic carbocycles. The van der Waals surface area contributed by atoms with Gasteiger partial charge in [-0.2, -0.15) is 0 Å². The molecule has 0 unspecified atom stereocenters. The molecular formula is C25H22O6. The first kappa shape index (κ1) is 20.5. The maximum absolute atomic E-state index is 12.2. The maximum Gasteiger partial charge on any atom is 0.373 e. The minimum Gasteiger partial charge on any atom is -0.485 e. The van der Waals surface area contributed by atoms with Crippen molar-refractivity contribution in [3.05, 3.63) is 88.2 Å². The number of benzene rings is 2. The predicted molar refractivity (Wildman–Crippen MR) is 116 cm³/mol. The molecule has 2 aromatic heterocycles. The van der Waals surface area contributed by atoms with Gasteiger partial charge in [0.15, 0.2) is 0 Å². The number of esters is 1. The van der Waals surface area contributed by atoms with E-state index in [1.807, 2.05) is 36.4 Å². The SMILES string of the molecule is CCCc1cc2c(-c3ccccc3)cc(=O)oc2cc1OCc1ccc(C(=O)OC)o1. The molecule has 0 saturated heterocycles. The first-order chi connectivity index (χ1) is 15.1. The average Bonchev–Trinajstić information content (AvgIpc) is 3.26. The van der Waals surface area contributed by atoms with Crippen LogP contribution in [0.4, 0.5) is 0 Å². The molecule has 0 fully saturated rings. The monoisotopic (exact) mass is 418 g/mol. The van der Waals surface area contributed by atoms with E-state index in [0.717, 1.165) is 34.9 Å². The predicted octanol–water partition coefficient (Wildman–Crippen LogP) is 5.37. The molecule has 0 radical (unpaired) electrons. The van der Waals surface area contributed by atoms with Gasteiger partial charge in [-0.05, 0) is 41.3 Å². The van der Waals surface area contributed by atoms with Gasteiger partial charge in [0.05, 0.1) is 7.11 Å². The van der Waals surface area contributed by atoms with Gasteiger partial charge < -0.3 is 18.3 Å². The molecule has 0 atom stereocenters. The number of methoxy groups -OCH3 is 1. The fourth-order valence-electron chi connectivity index (χ4n) is 3.50. The zero-order chi connectivity index (χ0) is 21.8. The van der Waals surface area contributed by atoms with Crippen molar-refractivity contribution in [1.82, 2.24) is 0 Å². The molecule has 2 heterocycles. The number of aryl methyl sites for hydroxylation is 1. The van der Waals surface area contributed by atoms with Crippen LogP contribution in [0.15, 0.2) is 74.3 Å². The van der Waals surface area contributed by atoms with E-state index in [0.29, 0.717) is 17.1 Å². The minimum absolute atomic E-state index is 0.117.